The number of rotatable bonds is 50. The Labute approximate surface area is 360 Å². The van der Waals surface area contributed by atoms with Crippen molar-refractivity contribution in [3.05, 3.63) is 29.8 Å². The number of hydrogen-bond acceptors (Lipinski definition) is 17. The Balaban J connectivity index is 1.71. The molecule has 0 aliphatic heterocycles. The van der Waals surface area contributed by atoms with E-state index in [1.54, 1.807) is 12.1 Å². The molecule has 0 aliphatic rings. The lowest BCUT2D eigenvalue weighted by atomic mass is 10.1. The van der Waals surface area contributed by atoms with Gasteiger partial charge in [0.05, 0.1) is 190 Å². The molecular weight excluding hydrogens is 809 g/mol. The maximum absolute atomic E-state index is 12.4. The zero-order chi connectivity index (χ0) is 43.1. The Kier molecular flexibility index (Phi) is 43.0. The van der Waals surface area contributed by atoms with Crippen molar-refractivity contribution in [3.8, 4) is 0 Å². The van der Waals surface area contributed by atoms with Gasteiger partial charge in [-0.25, -0.2) is 0 Å². The van der Waals surface area contributed by atoms with E-state index in [0.29, 0.717) is 165 Å². The predicted molar refractivity (Wildman–Crippen MR) is 224 cm³/mol. The van der Waals surface area contributed by atoms with E-state index < -0.39 is 10.1 Å². The van der Waals surface area contributed by atoms with Crippen molar-refractivity contribution < 1.29 is 79.3 Å². The van der Waals surface area contributed by atoms with Crippen LogP contribution in [-0.2, 0) is 82.3 Å². The van der Waals surface area contributed by atoms with Gasteiger partial charge in [-0.2, -0.15) is 8.42 Å². The molecule has 0 fully saturated rings. The van der Waals surface area contributed by atoms with Gasteiger partial charge >= 0.3 is 0 Å². The lowest BCUT2D eigenvalue weighted by molar-refractivity contribution is -0.0293. The largest absolute Gasteiger partial charge is 0.394 e. The highest BCUT2D eigenvalue weighted by Crippen LogP contribution is 2.16. The molecule has 0 saturated carbocycles. The molecule has 0 unspecified atom stereocenters. The lowest BCUT2D eigenvalue weighted by Crippen LogP contribution is -2.16. The van der Waals surface area contributed by atoms with E-state index >= 15 is 0 Å². The van der Waals surface area contributed by atoms with Crippen molar-refractivity contribution >= 4 is 10.1 Å². The van der Waals surface area contributed by atoms with Gasteiger partial charge in [-0.15, -0.1) is 0 Å². The minimum absolute atomic E-state index is 0.0181. The zero-order valence-corrected chi connectivity index (χ0v) is 37.3. The Morgan fingerprint density at radius 3 is 0.933 bits per heavy atom. The Hall–Kier alpha value is -1.43. The van der Waals surface area contributed by atoms with E-state index in [1.165, 1.54) is 32.1 Å². The third kappa shape index (κ3) is 39.4. The first-order valence-electron chi connectivity index (χ1n) is 21.7. The van der Waals surface area contributed by atoms with Crippen molar-refractivity contribution in [1.82, 2.24) is 0 Å². The molecule has 1 N–H and O–H groups in total. The first-order chi connectivity index (χ1) is 29.6. The number of benzene rings is 1. The van der Waals surface area contributed by atoms with Crippen LogP contribution in [0.1, 0.15) is 51.0 Å². The molecule has 354 valence electrons. The maximum atomic E-state index is 12.4. The Morgan fingerprint density at radius 1 is 0.367 bits per heavy atom. The zero-order valence-electron chi connectivity index (χ0n) is 36.4. The van der Waals surface area contributed by atoms with Gasteiger partial charge in [0.25, 0.3) is 10.1 Å². The molecule has 0 saturated heterocycles. The molecule has 1 rings (SSSR count). The van der Waals surface area contributed by atoms with Gasteiger partial charge < -0.3 is 66.7 Å². The van der Waals surface area contributed by atoms with Crippen molar-refractivity contribution in [3.63, 3.8) is 0 Å². The summed E-state index contributed by atoms with van der Waals surface area (Å²) in [5, 5.41) is 8.60. The fraction of sp³-hybridized carbons (Fsp3) is 0.857. The van der Waals surface area contributed by atoms with Crippen LogP contribution in [0.4, 0.5) is 0 Å². The van der Waals surface area contributed by atoms with E-state index in [9.17, 15) is 8.42 Å². The van der Waals surface area contributed by atoms with Crippen molar-refractivity contribution in [2.75, 3.05) is 185 Å². The van der Waals surface area contributed by atoms with Crippen LogP contribution in [0, 0.1) is 0 Å². The molecule has 0 radical (unpaired) electrons. The fourth-order valence-electron chi connectivity index (χ4n) is 5.01. The topological polar surface area (TPSA) is 184 Å². The summed E-state index contributed by atoms with van der Waals surface area (Å²) < 4.78 is 101. The van der Waals surface area contributed by atoms with E-state index in [4.69, 9.17) is 70.9 Å². The highest BCUT2D eigenvalue weighted by atomic mass is 32.2. The van der Waals surface area contributed by atoms with Gasteiger partial charge in [-0.1, -0.05) is 51.2 Å². The van der Waals surface area contributed by atoms with Crippen LogP contribution in [0.2, 0.25) is 0 Å². The smallest absolute Gasteiger partial charge is 0.297 e. The van der Waals surface area contributed by atoms with Gasteiger partial charge in [0.1, 0.15) is 0 Å². The van der Waals surface area contributed by atoms with Crippen LogP contribution in [0.15, 0.2) is 29.2 Å². The molecule has 0 atom stereocenters. The minimum atomic E-state index is -3.81. The van der Waals surface area contributed by atoms with Crippen LogP contribution >= 0.6 is 0 Å². The van der Waals surface area contributed by atoms with Gasteiger partial charge in [0, 0.05) is 0 Å². The molecule has 0 aromatic heterocycles. The van der Waals surface area contributed by atoms with Crippen LogP contribution in [-0.4, -0.2) is 199 Å². The predicted octanol–water partition coefficient (Wildman–Crippen LogP) is 3.50. The quantitative estimate of drug-likeness (QED) is 0.0740. The molecular formula is C42H78O17S. The van der Waals surface area contributed by atoms with Crippen LogP contribution < -0.4 is 0 Å². The molecule has 0 heterocycles. The number of aliphatic hydroxyl groups excluding tert-OH is 1. The molecule has 60 heavy (non-hydrogen) atoms. The van der Waals surface area contributed by atoms with Gasteiger partial charge in [0.2, 0.25) is 0 Å². The summed E-state index contributed by atoms with van der Waals surface area (Å²) in [6.07, 6.45) is 8.34. The molecule has 0 bridgehead atoms. The van der Waals surface area contributed by atoms with E-state index in [1.807, 2.05) is 12.1 Å². The molecule has 1 aromatic carbocycles. The molecule has 0 spiro atoms. The number of unbranched alkanes of at least 4 members (excludes halogenated alkanes) is 5. The SMILES string of the molecule is CCCCCCCCc1ccc(S(=O)(=O)OCCOCCOCCOCCOCCOCCOCCOCCOCCOCCOCCOCCOCCOCCO)cc1. The second-order valence-electron chi connectivity index (χ2n) is 13.1. The van der Waals surface area contributed by atoms with Crippen LogP contribution in [0.5, 0.6) is 0 Å². The Bertz CT molecular complexity index is 1100. The maximum Gasteiger partial charge on any atom is 0.297 e. The van der Waals surface area contributed by atoms with E-state index in [-0.39, 0.29) is 24.7 Å². The normalized spacial score (nSPS) is 11.9. The summed E-state index contributed by atoms with van der Waals surface area (Å²) in [5.74, 6) is 0. The van der Waals surface area contributed by atoms with Gasteiger partial charge in [-0.3, -0.25) is 4.18 Å². The summed E-state index contributed by atoms with van der Waals surface area (Å²) in [7, 11) is -3.81. The monoisotopic (exact) mass is 886 g/mol. The summed E-state index contributed by atoms with van der Waals surface area (Å²) in [4.78, 5) is 0.158. The summed E-state index contributed by atoms with van der Waals surface area (Å²) in [6, 6.07) is 6.95. The molecule has 1 aromatic rings. The molecule has 0 amide bonds. The summed E-state index contributed by atoms with van der Waals surface area (Å²) in [5.41, 5.74) is 1.14. The highest BCUT2D eigenvalue weighted by molar-refractivity contribution is 7.86. The molecule has 17 nitrogen and oxygen atoms in total. The lowest BCUT2D eigenvalue weighted by Gasteiger charge is -2.09. The summed E-state index contributed by atoms with van der Waals surface area (Å²) in [6.45, 7) is 13.8. The van der Waals surface area contributed by atoms with Crippen LogP contribution in [0.25, 0.3) is 0 Å². The third-order valence-corrected chi connectivity index (χ3v) is 9.52. The van der Waals surface area contributed by atoms with Gasteiger partial charge in [0.15, 0.2) is 0 Å². The van der Waals surface area contributed by atoms with Gasteiger partial charge in [-0.05, 0) is 30.5 Å². The fourth-order valence-corrected chi connectivity index (χ4v) is 5.90. The van der Waals surface area contributed by atoms with E-state index in [0.717, 1.165) is 18.4 Å². The second-order valence-corrected chi connectivity index (χ2v) is 14.7. The van der Waals surface area contributed by atoms with Crippen molar-refractivity contribution in [1.29, 1.82) is 0 Å². The number of aryl methyl sites for hydroxylation is 1. The molecule has 18 heteroatoms. The number of ether oxygens (including phenoxy) is 13. The van der Waals surface area contributed by atoms with E-state index in [2.05, 4.69) is 6.92 Å². The molecule has 0 aliphatic carbocycles. The summed E-state index contributed by atoms with van der Waals surface area (Å²) >= 11 is 0. The minimum Gasteiger partial charge on any atom is -0.394 e. The highest BCUT2D eigenvalue weighted by Gasteiger charge is 2.15. The number of hydrogen-bond donors (Lipinski definition) is 1. The standard InChI is InChI=1S/C42H78O17S/c1-2-3-4-5-6-7-8-41-9-11-42(12-10-41)60(44,45)59-40-39-58-38-37-57-36-35-56-34-33-55-32-31-54-30-29-53-28-27-52-26-25-51-24-23-50-22-21-49-20-19-48-18-17-47-16-15-46-14-13-43/h9-12,43H,2-8,13-40H2,1H3. The van der Waals surface area contributed by atoms with Crippen LogP contribution in [0.3, 0.4) is 0 Å². The number of aliphatic hydroxyl groups is 1. The Morgan fingerprint density at radius 2 is 0.633 bits per heavy atom. The first-order valence-corrected chi connectivity index (χ1v) is 23.1. The average Bonchev–Trinajstić information content (AvgIpc) is 3.25. The average molecular weight is 887 g/mol. The van der Waals surface area contributed by atoms with Crippen molar-refractivity contribution in [2.45, 2.75) is 56.8 Å². The third-order valence-electron chi connectivity index (χ3n) is 8.20. The van der Waals surface area contributed by atoms with Crippen molar-refractivity contribution in [2.24, 2.45) is 0 Å². The first kappa shape index (κ1) is 56.6. The second kappa shape index (κ2) is 45.6.